The SMILES string of the molecule is Cc1c(NS(=O)(=O)c2cccc(C(F)(F)F)c2)cccc1-c1nc2cccnc2s1. The lowest BCUT2D eigenvalue weighted by atomic mass is 10.1. The van der Waals surface area contributed by atoms with Crippen molar-refractivity contribution in [2.75, 3.05) is 4.72 Å². The molecule has 5 nitrogen and oxygen atoms in total. The molecule has 30 heavy (non-hydrogen) atoms. The maximum absolute atomic E-state index is 12.9. The molecule has 4 aromatic rings. The molecule has 10 heteroatoms. The van der Waals surface area contributed by atoms with Crippen molar-refractivity contribution < 1.29 is 21.6 Å². The summed E-state index contributed by atoms with van der Waals surface area (Å²) in [7, 11) is -4.22. The minimum absolute atomic E-state index is 0.261. The molecule has 0 amide bonds. The number of nitrogens with zero attached hydrogens (tertiary/aromatic N) is 2. The largest absolute Gasteiger partial charge is 0.416 e. The van der Waals surface area contributed by atoms with E-state index in [-0.39, 0.29) is 5.69 Å². The van der Waals surface area contributed by atoms with Gasteiger partial charge >= 0.3 is 6.18 Å². The Labute approximate surface area is 174 Å². The minimum Gasteiger partial charge on any atom is -0.279 e. The highest BCUT2D eigenvalue weighted by Gasteiger charge is 2.31. The van der Waals surface area contributed by atoms with Gasteiger partial charge in [0.2, 0.25) is 0 Å². The van der Waals surface area contributed by atoms with E-state index in [0.29, 0.717) is 22.2 Å². The lowest BCUT2D eigenvalue weighted by Crippen LogP contribution is -2.15. The zero-order valence-corrected chi connectivity index (χ0v) is 17.1. The third kappa shape index (κ3) is 3.88. The fourth-order valence-electron chi connectivity index (χ4n) is 2.91. The first-order valence-corrected chi connectivity index (χ1v) is 11.0. The third-order valence-electron chi connectivity index (χ3n) is 4.45. The monoisotopic (exact) mass is 449 g/mol. The number of alkyl halides is 3. The van der Waals surface area contributed by atoms with E-state index in [2.05, 4.69) is 14.7 Å². The van der Waals surface area contributed by atoms with Crippen molar-refractivity contribution in [3.05, 3.63) is 71.9 Å². The molecule has 0 bridgehead atoms. The smallest absolute Gasteiger partial charge is 0.279 e. The van der Waals surface area contributed by atoms with Crippen molar-refractivity contribution in [3.63, 3.8) is 0 Å². The maximum Gasteiger partial charge on any atom is 0.416 e. The van der Waals surface area contributed by atoms with Crippen molar-refractivity contribution >= 4 is 37.4 Å². The van der Waals surface area contributed by atoms with E-state index in [9.17, 15) is 21.6 Å². The molecule has 0 saturated carbocycles. The van der Waals surface area contributed by atoms with Crippen molar-refractivity contribution in [2.45, 2.75) is 18.0 Å². The van der Waals surface area contributed by atoms with Crippen LogP contribution in [0.2, 0.25) is 0 Å². The van der Waals surface area contributed by atoms with Crippen LogP contribution in [0.15, 0.2) is 65.7 Å². The first-order chi connectivity index (χ1) is 14.1. The van der Waals surface area contributed by atoms with Crippen LogP contribution in [-0.4, -0.2) is 18.4 Å². The lowest BCUT2D eigenvalue weighted by molar-refractivity contribution is -0.137. The molecule has 0 atom stereocenters. The number of fused-ring (bicyclic) bond motifs is 1. The zero-order chi connectivity index (χ0) is 21.5. The molecule has 0 aliphatic rings. The summed E-state index contributed by atoms with van der Waals surface area (Å²) < 4.78 is 66.7. The Kier molecular flexibility index (Phi) is 4.99. The molecule has 4 rings (SSSR count). The number of halogens is 3. The number of aromatic nitrogens is 2. The lowest BCUT2D eigenvalue weighted by Gasteiger charge is -2.14. The number of rotatable bonds is 4. The molecule has 0 fully saturated rings. The van der Waals surface area contributed by atoms with Crippen LogP contribution in [0.5, 0.6) is 0 Å². The average Bonchev–Trinajstić information content (AvgIpc) is 3.13. The van der Waals surface area contributed by atoms with E-state index < -0.39 is 26.7 Å². The number of nitrogens with one attached hydrogen (secondary N) is 1. The highest BCUT2D eigenvalue weighted by atomic mass is 32.2. The Balaban J connectivity index is 1.71. The van der Waals surface area contributed by atoms with Crippen molar-refractivity contribution in [1.82, 2.24) is 9.97 Å². The molecule has 2 aromatic heterocycles. The summed E-state index contributed by atoms with van der Waals surface area (Å²) >= 11 is 1.37. The Hall–Kier alpha value is -2.98. The van der Waals surface area contributed by atoms with Crippen LogP contribution in [-0.2, 0) is 16.2 Å². The van der Waals surface area contributed by atoms with Gasteiger partial charge in [-0.2, -0.15) is 13.2 Å². The number of anilines is 1. The van der Waals surface area contributed by atoms with E-state index in [1.807, 2.05) is 6.07 Å². The van der Waals surface area contributed by atoms with E-state index in [1.54, 1.807) is 37.4 Å². The summed E-state index contributed by atoms with van der Waals surface area (Å²) in [5, 5.41) is 0.668. The summed E-state index contributed by atoms with van der Waals surface area (Å²) in [4.78, 5) is 9.08. The highest BCUT2D eigenvalue weighted by molar-refractivity contribution is 7.92. The Morgan fingerprint density at radius 2 is 1.80 bits per heavy atom. The molecule has 1 N–H and O–H groups in total. The number of hydrogen-bond donors (Lipinski definition) is 1. The van der Waals surface area contributed by atoms with Gasteiger partial charge in [-0.15, -0.1) is 0 Å². The van der Waals surface area contributed by atoms with Gasteiger partial charge in [0.1, 0.15) is 15.4 Å². The van der Waals surface area contributed by atoms with Crippen LogP contribution in [0.25, 0.3) is 20.9 Å². The van der Waals surface area contributed by atoms with Crippen LogP contribution in [0.1, 0.15) is 11.1 Å². The van der Waals surface area contributed by atoms with Gasteiger partial charge in [-0.3, -0.25) is 4.72 Å². The van der Waals surface area contributed by atoms with Crippen molar-refractivity contribution in [1.29, 1.82) is 0 Å². The predicted octanol–water partition coefficient (Wildman–Crippen LogP) is 5.49. The molecule has 0 radical (unpaired) electrons. The van der Waals surface area contributed by atoms with Gasteiger partial charge in [-0.05, 0) is 48.9 Å². The van der Waals surface area contributed by atoms with Crippen molar-refractivity contribution in [3.8, 4) is 10.6 Å². The second-order valence-electron chi connectivity index (χ2n) is 6.46. The highest BCUT2D eigenvalue weighted by Crippen LogP contribution is 2.35. The second-order valence-corrected chi connectivity index (χ2v) is 9.12. The van der Waals surface area contributed by atoms with Gasteiger partial charge in [0.05, 0.1) is 16.1 Å². The van der Waals surface area contributed by atoms with Crippen LogP contribution in [0.4, 0.5) is 18.9 Å². The molecule has 0 saturated heterocycles. The molecule has 0 aliphatic heterocycles. The molecule has 0 unspecified atom stereocenters. The summed E-state index contributed by atoms with van der Waals surface area (Å²) in [6, 6.07) is 12.2. The van der Waals surface area contributed by atoms with Gasteiger partial charge in [-0.25, -0.2) is 18.4 Å². The number of hydrogen-bond acceptors (Lipinski definition) is 5. The van der Waals surface area contributed by atoms with E-state index in [4.69, 9.17) is 0 Å². The fourth-order valence-corrected chi connectivity index (χ4v) is 5.06. The van der Waals surface area contributed by atoms with E-state index >= 15 is 0 Å². The molecular formula is C20H14F3N3O2S2. The number of pyridine rings is 1. The van der Waals surface area contributed by atoms with Crippen LogP contribution in [0.3, 0.4) is 0 Å². The normalized spacial score (nSPS) is 12.3. The summed E-state index contributed by atoms with van der Waals surface area (Å²) in [5.41, 5.74) is 1.27. The van der Waals surface area contributed by atoms with Gasteiger partial charge in [0.25, 0.3) is 10.0 Å². The minimum atomic E-state index is -4.64. The number of thiazole rings is 1. The molecule has 2 heterocycles. The fraction of sp³-hybridized carbons (Fsp3) is 0.100. The predicted molar refractivity (Wildman–Crippen MR) is 110 cm³/mol. The summed E-state index contributed by atoms with van der Waals surface area (Å²) in [5.74, 6) is 0. The zero-order valence-electron chi connectivity index (χ0n) is 15.4. The van der Waals surface area contributed by atoms with Crippen LogP contribution >= 0.6 is 11.3 Å². The first kappa shape index (κ1) is 20.3. The van der Waals surface area contributed by atoms with Crippen molar-refractivity contribution in [2.24, 2.45) is 0 Å². The maximum atomic E-state index is 12.9. The van der Waals surface area contributed by atoms with Crippen LogP contribution < -0.4 is 4.72 Å². The topological polar surface area (TPSA) is 72.0 Å². The van der Waals surface area contributed by atoms with Crippen LogP contribution in [0, 0.1) is 6.92 Å². The van der Waals surface area contributed by atoms with E-state index in [1.165, 1.54) is 11.3 Å². The van der Waals surface area contributed by atoms with Gasteiger partial charge in [0, 0.05) is 11.8 Å². The Morgan fingerprint density at radius 3 is 2.53 bits per heavy atom. The molecular weight excluding hydrogens is 435 g/mol. The first-order valence-electron chi connectivity index (χ1n) is 8.67. The molecule has 154 valence electrons. The standard InChI is InChI=1S/C20H14F3N3O2S2/c1-12-15(18-25-17-9-4-10-24-19(17)29-18)7-3-8-16(12)26-30(27,28)14-6-2-5-13(11-14)20(21,22)23/h2-11,26H,1H3. The Morgan fingerprint density at radius 1 is 1.03 bits per heavy atom. The summed E-state index contributed by atoms with van der Waals surface area (Å²) in [6.45, 7) is 1.72. The second kappa shape index (κ2) is 7.37. The van der Waals surface area contributed by atoms with Gasteiger partial charge in [-0.1, -0.05) is 29.5 Å². The van der Waals surface area contributed by atoms with Gasteiger partial charge in [0.15, 0.2) is 0 Å². The molecule has 0 aliphatic carbocycles. The third-order valence-corrected chi connectivity index (χ3v) is 6.82. The Bertz CT molecular complexity index is 1320. The number of sulfonamides is 1. The molecule has 2 aromatic carbocycles. The van der Waals surface area contributed by atoms with Gasteiger partial charge < -0.3 is 0 Å². The number of benzene rings is 2. The quantitative estimate of drug-likeness (QED) is 0.447. The van der Waals surface area contributed by atoms with E-state index in [0.717, 1.165) is 28.5 Å². The summed E-state index contributed by atoms with van der Waals surface area (Å²) in [6.07, 6.45) is -2.97. The average molecular weight is 449 g/mol. The molecule has 0 spiro atoms.